The lowest BCUT2D eigenvalue weighted by Gasteiger charge is -2.24. The van der Waals surface area contributed by atoms with Crippen molar-refractivity contribution in [2.45, 2.75) is 5.37 Å². The van der Waals surface area contributed by atoms with Crippen molar-refractivity contribution in [1.29, 1.82) is 0 Å². The molecule has 1 amide bonds. The van der Waals surface area contributed by atoms with E-state index in [0.29, 0.717) is 0 Å². The highest BCUT2D eigenvalue weighted by molar-refractivity contribution is 9.10. The van der Waals surface area contributed by atoms with Crippen molar-refractivity contribution in [3.63, 3.8) is 0 Å². The number of nitrogens with zero attached hydrogens (tertiary/aromatic N) is 1. The summed E-state index contributed by atoms with van der Waals surface area (Å²) < 4.78 is 6.22. The molecule has 1 aromatic heterocycles. The van der Waals surface area contributed by atoms with E-state index in [1.54, 1.807) is 30.2 Å². The summed E-state index contributed by atoms with van der Waals surface area (Å²) in [7, 11) is 1.65. The average Bonchev–Trinajstić information content (AvgIpc) is 3.39. The van der Waals surface area contributed by atoms with Gasteiger partial charge in [0.15, 0.2) is 0 Å². The Morgan fingerprint density at radius 1 is 1.19 bits per heavy atom. The number of ether oxygens (including phenoxy) is 1. The van der Waals surface area contributed by atoms with Gasteiger partial charge >= 0.3 is 0 Å². The topological polar surface area (TPSA) is 29.5 Å². The molecule has 1 atom stereocenters. The van der Waals surface area contributed by atoms with Gasteiger partial charge in [0, 0.05) is 22.7 Å². The van der Waals surface area contributed by atoms with Crippen molar-refractivity contribution in [3.05, 3.63) is 75.6 Å². The summed E-state index contributed by atoms with van der Waals surface area (Å²) in [6.07, 6.45) is 0. The van der Waals surface area contributed by atoms with E-state index in [1.807, 2.05) is 53.4 Å². The van der Waals surface area contributed by atoms with Gasteiger partial charge in [-0.2, -0.15) is 0 Å². The summed E-state index contributed by atoms with van der Waals surface area (Å²) >= 11 is 7.05. The Kier molecular flexibility index (Phi) is 5.57. The third-order valence-electron chi connectivity index (χ3n) is 4.55. The molecule has 1 aliphatic heterocycles. The predicted octanol–water partition coefficient (Wildman–Crippen LogP) is 6.07. The van der Waals surface area contributed by atoms with Crippen molar-refractivity contribution < 1.29 is 9.53 Å². The van der Waals surface area contributed by atoms with Gasteiger partial charge in [-0.3, -0.25) is 4.79 Å². The summed E-state index contributed by atoms with van der Waals surface area (Å²) in [6.45, 7) is 0.754. The number of hydrogen-bond acceptors (Lipinski definition) is 4. The number of halogens is 1. The lowest BCUT2D eigenvalue weighted by atomic mass is 10.1. The molecule has 2 aromatic carbocycles. The van der Waals surface area contributed by atoms with Crippen LogP contribution in [0, 0.1) is 0 Å². The summed E-state index contributed by atoms with van der Waals surface area (Å²) in [5, 5.41) is 2.09. The molecule has 0 radical (unpaired) electrons. The fourth-order valence-corrected chi connectivity index (χ4v) is 5.71. The Morgan fingerprint density at radius 3 is 2.67 bits per heavy atom. The van der Waals surface area contributed by atoms with Gasteiger partial charge in [-0.1, -0.05) is 24.3 Å². The summed E-state index contributed by atoms with van der Waals surface area (Å²) in [6, 6.07) is 18.1. The van der Waals surface area contributed by atoms with Crippen LogP contribution in [0.4, 0.5) is 0 Å². The van der Waals surface area contributed by atoms with Gasteiger partial charge < -0.3 is 9.64 Å². The van der Waals surface area contributed by atoms with Crippen LogP contribution in [0.1, 0.15) is 21.3 Å². The molecule has 2 heterocycles. The minimum atomic E-state index is 0.0247. The zero-order valence-corrected chi connectivity index (χ0v) is 17.9. The molecule has 1 unspecified atom stereocenters. The van der Waals surface area contributed by atoms with E-state index in [0.717, 1.165) is 39.2 Å². The lowest BCUT2D eigenvalue weighted by Crippen LogP contribution is -2.30. The first-order valence-electron chi connectivity index (χ1n) is 8.57. The normalized spacial score (nSPS) is 16.5. The highest BCUT2D eigenvalue weighted by Crippen LogP contribution is 2.41. The first-order valence-corrected chi connectivity index (χ1v) is 11.3. The fourth-order valence-electron chi connectivity index (χ4n) is 3.18. The van der Waals surface area contributed by atoms with Crippen molar-refractivity contribution >= 4 is 44.9 Å². The molecule has 0 aliphatic carbocycles. The molecular weight excluding hydrogens is 442 g/mol. The van der Waals surface area contributed by atoms with E-state index in [1.165, 1.54) is 4.88 Å². The van der Waals surface area contributed by atoms with Gasteiger partial charge in [0.25, 0.3) is 5.91 Å². The van der Waals surface area contributed by atoms with Gasteiger partial charge in [0.2, 0.25) is 0 Å². The van der Waals surface area contributed by atoms with Gasteiger partial charge in [0.1, 0.15) is 11.1 Å². The van der Waals surface area contributed by atoms with E-state index in [2.05, 4.69) is 27.4 Å². The molecule has 0 saturated carbocycles. The van der Waals surface area contributed by atoms with E-state index < -0.39 is 0 Å². The van der Waals surface area contributed by atoms with Crippen LogP contribution >= 0.6 is 39.0 Å². The Balaban J connectivity index is 1.56. The second kappa shape index (κ2) is 8.09. The van der Waals surface area contributed by atoms with Crippen molar-refractivity contribution in [3.8, 4) is 16.2 Å². The molecular formula is C21H18BrNO2S2. The van der Waals surface area contributed by atoms with Crippen LogP contribution in [0.5, 0.6) is 5.75 Å². The molecule has 3 nitrogen and oxygen atoms in total. The highest BCUT2D eigenvalue weighted by Gasteiger charge is 2.31. The first-order chi connectivity index (χ1) is 13.2. The second-order valence-corrected chi connectivity index (χ2v) is 9.16. The maximum Gasteiger partial charge on any atom is 0.255 e. The second-order valence-electron chi connectivity index (χ2n) is 6.17. The zero-order valence-electron chi connectivity index (χ0n) is 14.7. The Bertz CT molecular complexity index is 941. The van der Waals surface area contributed by atoms with Crippen molar-refractivity contribution in [2.75, 3.05) is 19.4 Å². The Morgan fingerprint density at radius 2 is 2.00 bits per heavy atom. The molecule has 6 heteroatoms. The van der Waals surface area contributed by atoms with Crippen LogP contribution in [0.3, 0.4) is 0 Å². The number of carbonyl (C=O) groups is 1. The number of carbonyl (C=O) groups excluding carboxylic acids is 1. The molecule has 3 aromatic rings. The summed E-state index contributed by atoms with van der Waals surface area (Å²) in [5.74, 6) is 1.81. The molecule has 4 rings (SSSR count). The SMILES string of the molecule is COc1ccc(C2SCCN2C(=O)c2ccc(-c3cccs3)cc2)cc1Br. The minimum Gasteiger partial charge on any atom is -0.496 e. The average molecular weight is 460 g/mol. The zero-order chi connectivity index (χ0) is 18.8. The number of thiophene rings is 1. The smallest absolute Gasteiger partial charge is 0.255 e. The van der Waals surface area contributed by atoms with Crippen LogP contribution in [0.2, 0.25) is 0 Å². The first kappa shape index (κ1) is 18.6. The minimum absolute atomic E-state index is 0.0247. The largest absolute Gasteiger partial charge is 0.496 e. The number of hydrogen-bond donors (Lipinski definition) is 0. The number of rotatable bonds is 4. The fraction of sp³-hybridized carbons (Fsp3) is 0.190. The number of benzene rings is 2. The monoisotopic (exact) mass is 459 g/mol. The summed E-state index contributed by atoms with van der Waals surface area (Å²) in [5.41, 5.74) is 2.98. The number of thioether (sulfide) groups is 1. The standard InChI is InChI=1S/C21H18BrNO2S2/c1-25-18-9-8-16(13-17(18)22)21-23(10-12-27-21)20(24)15-6-4-14(5-7-15)19-3-2-11-26-19/h2-9,11,13,21H,10,12H2,1H3. The van der Waals surface area contributed by atoms with Crippen molar-refractivity contribution in [2.24, 2.45) is 0 Å². The number of methoxy groups -OCH3 is 1. The molecule has 27 heavy (non-hydrogen) atoms. The molecule has 1 saturated heterocycles. The maximum absolute atomic E-state index is 13.1. The van der Waals surface area contributed by atoms with Gasteiger partial charge in [0.05, 0.1) is 11.6 Å². The van der Waals surface area contributed by atoms with Crippen LogP contribution in [-0.4, -0.2) is 30.2 Å². The molecule has 138 valence electrons. The number of amides is 1. The van der Waals surface area contributed by atoms with Gasteiger partial charge in [-0.15, -0.1) is 23.1 Å². The predicted molar refractivity (Wildman–Crippen MR) is 117 cm³/mol. The van der Waals surface area contributed by atoms with Crippen LogP contribution in [0.15, 0.2) is 64.5 Å². The quantitative estimate of drug-likeness (QED) is 0.473. The maximum atomic E-state index is 13.1. The summed E-state index contributed by atoms with van der Waals surface area (Å²) in [4.78, 5) is 16.3. The van der Waals surface area contributed by atoms with Crippen LogP contribution in [-0.2, 0) is 0 Å². The molecule has 1 fully saturated rings. The highest BCUT2D eigenvalue weighted by atomic mass is 79.9. The third kappa shape index (κ3) is 3.79. The Labute approximate surface area is 175 Å². The van der Waals surface area contributed by atoms with Crippen molar-refractivity contribution in [1.82, 2.24) is 4.90 Å². The van der Waals surface area contributed by atoms with E-state index in [4.69, 9.17) is 4.74 Å². The lowest BCUT2D eigenvalue weighted by molar-refractivity contribution is 0.0760. The van der Waals surface area contributed by atoms with Crippen LogP contribution in [0.25, 0.3) is 10.4 Å². The van der Waals surface area contributed by atoms with Gasteiger partial charge in [-0.25, -0.2) is 0 Å². The molecule has 0 N–H and O–H groups in total. The Hall–Kier alpha value is -1.76. The van der Waals surface area contributed by atoms with E-state index in [9.17, 15) is 4.79 Å². The molecule has 0 bridgehead atoms. The molecule has 1 aliphatic rings. The van der Waals surface area contributed by atoms with E-state index in [-0.39, 0.29) is 11.3 Å². The molecule has 0 spiro atoms. The van der Waals surface area contributed by atoms with Gasteiger partial charge in [-0.05, 0) is 62.8 Å². The van der Waals surface area contributed by atoms with Crippen LogP contribution < -0.4 is 4.74 Å². The third-order valence-corrected chi connectivity index (χ3v) is 7.35. The van der Waals surface area contributed by atoms with E-state index >= 15 is 0 Å².